The molecule has 0 radical (unpaired) electrons. The van der Waals surface area contributed by atoms with Gasteiger partial charge in [0, 0.05) is 0 Å². The van der Waals surface area contributed by atoms with Crippen molar-refractivity contribution in [1.82, 2.24) is 5.16 Å². The van der Waals surface area contributed by atoms with Crippen LogP contribution in [0.5, 0.6) is 0 Å². The maximum atomic E-state index is 8.15. The van der Waals surface area contributed by atoms with Crippen LogP contribution in [-0.4, -0.2) is 5.16 Å². The summed E-state index contributed by atoms with van der Waals surface area (Å²) in [4.78, 5) is 0.567. The van der Waals surface area contributed by atoms with Crippen LogP contribution in [0.3, 0.4) is 0 Å². The van der Waals surface area contributed by atoms with Gasteiger partial charge >= 0.3 is 0 Å². The minimum absolute atomic E-state index is 0.196. The molecule has 0 saturated heterocycles. The quantitative estimate of drug-likeness (QED) is 0.463. The zero-order valence-electron chi connectivity index (χ0n) is 4.37. The molecule has 1 heterocycles. The van der Waals surface area contributed by atoms with E-state index in [2.05, 4.69) is 9.68 Å². The molecule has 9 heavy (non-hydrogen) atoms. The summed E-state index contributed by atoms with van der Waals surface area (Å²) in [6, 6.07) is 0. The average molecular weight is 141 g/mol. The van der Waals surface area contributed by atoms with E-state index in [1.54, 1.807) is 0 Å². The monoisotopic (exact) mass is 141 g/mol. The van der Waals surface area contributed by atoms with Gasteiger partial charge in [0.25, 0.3) is 0 Å². The molecule has 0 aliphatic carbocycles. The zero-order chi connectivity index (χ0) is 6.69. The summed E-state index contributed by atoms with van der Waals surface area (Å²) in [5, 5.41) is 13.4. The molecule has 5 heteroatoms. The number of nitrogen functional groups attached to an aromatic ring is 1. The van der Waals surface area contributed by atoms with Crippen LogP contribution in [0.25, 0.3) is 0 Å². The Labute approximate surface area is 55.6 Å². The van der Waals surface area contributed by atoms with Gasteiger partial charge in [-0.05, 0) is 11.8 Å². The largest absolute Gasteiger partial charge is 0.367 e. The molecule has 0 aliphatic rings. The van der Waals surface area contributed by atoms with Gasteiger partial charge in [-0.1, -0.05) is 5.16 Å². The fraction of sp³-hybridized carbons (Fsp3) is 0. The smallest absolute Gasteiger partial charge is 0.236 e. The van der Waals surface area contributed by atoms with Crippen LogP contribution in [0.2, 0.25) is 0 Å². The van der Waals surface area contributed by atoms with Crippen molar-refractivity contribution in [2.75, 3.05) is 5.73 Å². The third-order valence-corrected chi connectivity index (χ3v) is 1.34. The van der Waals surface area contributed by atoms with E-state index in [-0.39, 0.29) is 5.88 Å². The molecule has 2 N–H and O–H groups in total. The summed E-state index contributed by atoms with van der Waals surface area (Å²) in [5.74, 6) is 0.196. The van der Waals surface area contributed by atoms with E-state index >= 15 is 0 Å². The first-order chi connectivity index (χ1) is 4.34. The van der Waals surface area contributed by atoms with Crippen molar-refractivity contribution < 1.29 is 4.52 Å². The van der Waals surface area contributed by atoms with Gasteiger partial charge in [0.2, 0.25) is 5.88 Å². The molecule has 0 unspecified atom stereocenters. The molecule has 0 fully saturated rings. The Bertz CT molecular complexity index is 238. The Morgan fingerprint density at radius 1 is 1.89 bits per heavy atom. The number of hydrogen-bond donors (Lipinski definition) is 1. The number of thioether (sulfide) groups is 1. The summed E-state index contributed by atoms with van der Waals surface area (Å²) >= 11 is 0.933. The lowest BCUT2D eigenvalue weighted by atomic mass is 10.7. The van der Waals surface area contributed by atoms with Crippen molar-refractivity contribution in [1.29, 1.82) is 5.26 Å². The van der Waals surface area contributed by atoms with Gasteiger partial charge in [-0.25, -0.2) is 0 Å². The number of anilines is 1. The minimum atomic E-state index is 0.196. The van der Waals surface area contributed by atoms with E-state index in [1.165, 1.54) is 6.20 Å². The SMILES string of the molecule is N#CSc1cnoc1N. The highest BCUT2D eigenvalue weighted by Crippen LogP contribution is 2.22. The van der Waals surface area contributed by atoms with Crippen molar-refractivity contribution in [2.24, 2.45) is 0 Å². The number of nitriles is 1. The van der Waals surface area contributed by atoms with E-state index in [0.29, 0.717) is 4.90 Å². The lowest BCUT2D eigenvalue weighted by Crippen LogP contribution is -1.80. The lowest BCUT2D eigenvalue weighted by Gasteiger charge is -1.81. The summed E-state index contributed by atoms with van der Waals surface area (Å²) in [6.07, 6.45) is 1.41. The molecular formula is C4H3N3OS. The van der Waals surface area contributed by atoms with E-state index < -0.39 is 0 Å². The van der Waals surface area contributed by atoms with E-state index in [9.17, 15) is 0 Å². The van der Waals surface area contributed by atoms with Gasteiger partial charge in [0.15, 0.2) is 0 Å². The summed E-state index contributed by atoms with van der Waals surface area (Å²) in [7, 11) is 0. The molecule has 0 amide bonds. The molecule has 0 bridgehead atoms. The second-order valence-electron chi connectivity index (χ2n) is 1.25. The van der Waals surface area contributed by atoms with E-state index in [1.807, 2.05) is 5.40 Å². The summed E-state index contributed by atoms with van der Waals surface area (Å²) in [5.41, 5.74) is 5.23. The first-order valence-corrected chi connectivity index (χ1v) is 2.92. The first kappa shape index (κ1) is 5.98. The van der Waals surface area contributed by atoms with Gasteiger partial charge in [-0.2, -0.15) is 5.26 Å². The van der Waals surface area contributed by atoms with Crippen molar-refractivity contribution in [3.63, 3.8) is 0 Å². The van der Waals surface area contributed by atoms with Crippen LogP contribution in [0.1, 0.15) is 0 Å². The number of nitrogens with zero attached hydrogens (tertiary/aromatic N) is 2. The maximum absolute atomic E-state index is 8.15. The number of hydrogen-bond acceptors (Lipinski definition) is 5. The van der Waals surface area contributed by atoms with Gasteiger partial charge in [-0.3, -0.25) is 0 Å². The number of nitrogens with two attached hydrogens (primary N) is 1. The summed E-state index contributed by atoms with van der Waals surface area (Å²) in [6.45, 7) is 0. The zero-order valence-corrected chi connectivity index (χ0v) is 5.18. The van der Waals surface area contributed by atoms with Gasteiger partial charge < -0.3 is 10.3 Å². The van der Waals surface area contributed by atoms with Crippen LogP contribution in [0.4, 0.5) is 5.88 Å². The molecule has 0 aliphatic heterocycles. The molecule has 0 atom stereocenters. The number of thiocyanates is 1. The fourth-order valence-electron chi connectivity index (χ4n) is 0.365. The number of aromatic nitrogens is 1. The van der Waals surface area contributed by atoms with Crippen molar-refractivity contribution in [2.45, 2.75) is 4.90 Å². The topological polar surface area (TPSA) is 75.8 Å². The fourth-order valence-corrected chi connectivity index (χ4v) is 0.697. The van der Waals surface area contributed by atoms with Crippen molar-refractivity contribution in [3.8, 4) is 5.40 Å². The predicted octanol–water partition coefficient (Wildman–Crippen LogP) is 0.830. The Balaban J connectivity index is 2.84. The lowest BCUT2D eigenvalue weighted by molar-refractivity contribution is 0.435. The molecule has 1 aromatic heterocycles. The Morgan fingerprint density at radius 2 is 2.67 bits per heavy atom. The third-order valence-electron chi connectivity index (χ3n) is 0.719. The molecular weight excluding hydrogens is 138 g/mol. The normalized spacial score (nSPS) is 8.78. The molecule has 0 saturated carbocycles. The summed E-state index contributed by atoms with van der Waals surface area (Å²) < 4.78 is 4.47. The van der Waals surface area contributed by atoms with Crippen LogP contribution in [0, 0.1) is 10.7 Å². The highest BCUT2D eigenvalue weighted by Gasteiger charge is 2.01. The van der Waals surface area contributed by atoms with Crippen molar-refractivity contribution in [3.05, 3.63) is 6.20 Å². The first-order valence-electron chi connectivity index (χ1n) is 2.10. The van der Waals surface area contributed by atoms with Gasteiger partial charge in [-0.15, -0.1) is 0 Å². The van der Waals surface area contributed by atoms with Crippen LogP contribution >= 0.6 is 11.8 Å². The number of rotatable bonds is 1. The Kier molecular flexibility index (Phi) is 1.60. The molecule has 46 valence electrons. The van der Waals surface area contributed by atoms with E-state index in [4.69, 9.17) is 11.0 Å². The molecule has 0 aromatic carbocycles. The molecule has 1 aromatic rings. The van der Waals surface area contributed by atoms with Crippen molar-refractivity contribution >= 4 is 17.6 Å². The van der Waals surface area contributed by atoms with Crippen LogP contribution in [0.15, 0.2) is 15.6 Å². The van der Waals surface area contributed by atoms with Crippen LogP contribution in [-0.2, 0) is 0 Å². The Hall–Kier alpha value is -1.15. The third kappa shape index (κ3) is 1.15. The van der Waals surface area contributed by atoms with Gasteiger partial charge in [0.05, 0.1) is 6.20 Å². The average Bonchev–Trinajstić information content (AvgIpc) is 2.18. The highest BCUT2D eigenvalue weighted by molar-refractivity contribution is 8.03. The highest BCUT2D eigenvalue weighted by atomic mass is 32.2. The molecule has 4 nitrogen and oxygen atoms in total. The molecule has 0 spiro atoms. The Morgan fingerprint density at radius 3 is 3.11 bits per heavy atom. The molecule has 1 rings (SSSR count). The van der Waals surface area contributed by atoms with Gasteiger partial charge in [0.1, 0.15) is 10.3 Å². The maximum Gasteiger partial charge on any atom is 0.236 e. The predicted molar refractivity (Wildman–Crippen MR) is 32.4 cm³/mol. The second-order valence-corrected chi connectivity index (χ2v) is 2.07. The standard InChI is InChI=1S/C4H3N3OS/c5-2-9-3-1-7-8-4(3)6/h1H,6H2. The van der Waals surface area contributed by atoms with Crippen LogP contribution < -0.4 is 5.73 Å². The second kappa shape index (κ2) is 2.42. The minimum Gasteiger partial charge on any atom is -0.367 e. The van der Waals surface area contributed by atoms with E-state index in [0.717, 1.165) is 11.8 Å².